The number of hydrogen-bond acceptors (Lipinski definition) is 5. The van der Waals surface area contributed by atoms with E-state index in [9.17, 15) is 17.6 Å². The second-order valence-corrected chi connectivity index (χ2v) is 7.94. The molecule has 5 nitrogen and oxygen atoms in total. The van der Waals surface area contributed by atoms with E-state index in [1.165, 1.54) is 36.6 Å². The van der Waals surface area contributed by atoms with Gasteiger partial charge in [0.1, 0.15) is 11.9 Å². The molecule has 2 heterocycles. The van der Waals surface area contributed by atoms with E-state index in [1.54, 1.807) is 6.07 Å². The minimum atomic E-state index is -4.01. The van der Waals surface area contributed by atoms with Crippen LogP contribution in [0.25, 0.3) is 0 Å². The number of carbonyl (C=O) groups is 1. The fourth-order valence-electron chi connectivity index (χ4n) is 2.67. The van der Waals surface area contributed by atoms with E-state index in [0.717, 1.165) is 15.2 Å². The summed E-state index contributed by atoms with van der Waals surface area (Å²) >= 11 is 1.48. The van der Waals surface area contributed by atoms with Gasteiger partial charge in [0.15, 0.2) is 0 Å². The van der Waals surface area contributed by atoms with Crippen LogP contribution in [0, 0.1) is 5.82 Å². The van der Waals surface area contributed by atoms with Crippen LogP contribution in [0.1, 0.15) is 16.5 Å². The van der Waals surface area contributed by atoms with Gasteiger partial charge in [-0.15, -0.1) is 11.3 Å². The summed E-state index contributed by atoms with van der Waals surface area (Å²) in [6.07, 6.45) is 0.509. The average Bonchev–Trinajstić information content (AvgIpc) is 3.01. The van der Waals surface area contributed by atoms with Crippen molar-refractivity contribution in [1.29, 1.82) is 0 Å². The Morgan fingerprint density at radius 3 is 2.87 bits per heavy atom. The molecule has 1 aliphatic rings. The first-order chi connectivity index (χ1) is 10.9. The Morgan fingerprint density at radius 2 is 2.17 bits per heavy atom. The highest BCUT2D eigenvalue weighted by Gasteiger charge is 2.41. The highest BCUT2D eigenvalue weighted by Crippen LogP contribution is 2.37. The predicted octanol–water partition coefficient (Wildman–Crippen LogP) is 2.35. The zero-order chi connectivity index (χ0) is 16.6. The Bertz CT molecular complexity index is 847. The summed E-state index contributed by atoms with van der Waals surface area (Å²) in [6, 6.07) is 5.46. The molecule has 0 aliphatic carbocycles. The van der Waals surface area contributed by atoms with Gasteiger partial charge in [0.05, 0.1) is 12.0 Å². The van der Waals surface area contributed by atoms with Crippen LogP contribution in [-0.2, 0) is 26.0 Å². The van der Waals surface area contributed by atoms with Crippen molar-refractivity contribution in [1.82, 2.24) is 4.31 Å². The first kappa shape index (κ1) is 16.1. The van der Waals surface area contributed by atoms with Gasteiger partial charge in [0.25, 0.3) is 0 Å². The monoisotopic (exact) mass is 355 g/mol. The minimum absolute atomic E-state index is 0.145. The van der Waals surface area contributed by atoms with Gasteiger partial charge in [-0.25, -0.2) is 17.6 Å². The summed E-state index contributed by atoms with van der Waals surface area (Å²) in [4.78, 5) is 13.0. The van der Waals surface area contributed by atoms with Crippen molar-refractivity contribution in [2.75, 3.05) is 13.7 Å². The van der Waals surface area contributed by atoms with Crippen LogP contribution >= 0.6 is 11.3 Å². The van der Waals surface area contributed by atoms with Gasteiger partial charge < -0.3 is 4.74 Å². The van der Waals surface area contributed by atoms with Crippen molar-refractivity contribution >= 4 is 27.3 Å². The molecule has 3 rings (SSSR count). The summed E-state index contributed by atoms with van der Waals surface area (Å²) in [5.74, 6) is -1.29. The van der Waals surface area contributed by atoms with E-state index in [0.29, 0.717) is 12.0 Å². The predicted molar refractivity (Wildman–Crippen MR) is 83.1 cm³/mol. The molecule has 0 bridgehead atoms. The van der Waals surface area contributed by atoms with Crippen molar-refractivity contribution in [3.8, 4) is 0 Å². The lowest BCUT2D eigenvalue weighted by Crippen LogP contribution is -2.43. The van der Waals surface area contributed by atoms with Crippen LogP contribution < -0.4 is 0 Å². The molecule has 23 heavy (non-hydrogen) atoms. The number of esters is 1. The van der Waals surface area contributed by atoms with Gasteiger partial charge in [-0.3, -0.25) is 0 Å². The summed E-state index contributed by atoms with van der Waals surface area (Å²) in [5, 5.41) is 1.82. The standard InChI is InChI=1S/C15H14FNO4S2/c1-21-15(18)14-12-6-8-22-13(12)5-7-17(14)23(19,20)11-4-2-3-10(16)9-11/h2-4,6,8-9,14H,5,7H2,1H3. The van der Waals surface area contributed by atoms with Crippen LogP contribution in [0.2, 0.25) is 0 Å². The Balaban J connectivity index is 2.09. The lowest BCUT2D eigenvalue weighted by Gasteiger charge is -2.32. The third-order valence-electron chi connectivity index (χ3n) is 3.75. The number of methoxy groups -OCH3 is 1. The highest BCUT2D eigenvalue weighted by molar-refractivity contribution is 7.89. The van der Waals surface area contributed by atoms with Crippen LogP contribution in [0.4, 0.5) is 4.39 Å². The first-order valence-electron chi connectivity index (χ1n) is 6.86. The SMILES string of the molecule is COC(=O)C1c2ccsc2CCN1S(=O)(=O)c1cccc(F)c1. The quantitative estimate of drug-likeness (QED) is 0.793. The number of benzene rings is 1. The van der Waals surface area contributed by atoms with Crippen LogP contribution in [-0.4, -0.2) is 32.3 Å². The Hall–Kier alpha value is -1.77. The lowest BCUT2D eigenvalue weighted by molar-refractivity contribution is -0.145. The Labute approximate surface area is 137 Å². The van der Waals surface area contributed by atoms with Crippen molar-refractivity contribution < 1.29 is 22.3 Å². The Morgan fingerprint density at radius 1 is 1.39 bits per heavy atom. The maximum atomic E-state index is 13.4. The molecular weight excluding hydrogens is 341 g/mol. The van der Waals surface area contributed by atoms with Crippen LogP contribution in [0.15, 0.2) is 40.6 Å². The fourth-order valence-corrected chi connectivity index (χ4v) is 5.17. The van der Waals surface area contributed by atoms with Crippen molar-refractivity contribution in [3.05, 3.63) is 52.0 Å². The summed E-state index contributed by atoms with van der Waals surface area (Å²) in [6.45, 7) is 0.145. The Kier molecular flexibility index (Phi) is 4.22. The lowest BCUT2D eigenvalue weighted by atomic mass is 10.0. The number of carbonyl (C=O) groups excluding carboxylic acids is 1. The number of halogens is 1. The molecule has 0 spiro atoms. The van der Waals surface area contributed by atoms with Crippen molar-refractivity contribution in [2.24, 2.45) is 0 Å². The minimum Gasteiger partial charge on any atom is -0.468 e. The van der Waals surface area contributed by atoms with E-state index in [-0.39, 0.29) is 11.4 Å². The summed E-state index contributed by atoms with van der Waals surface area (Å²) < 4.78 is 45.0. The second kappa shape index (κ2) is 6.03. The number of ether oxygens (including phenoxy) is 1. The zero-order valence-corrected chi connectivity index (χ0v) is 13.9. The number of hydrogen-bond donors (Lipinski definition) is 0. The number of nitrogens with zero attached hydrogens (tertiary/aromatic N) is 1. The molecule has 0 saturated heterocycles. The molecule has 1 aromatic heterocycles. The van der Waals surface area contributed by atoms with Gasteiger partial charge in [0.2, 0.25) is 10.0 Å². The van der Waals surface area contributed by atoms with E-state index < -0.39 is 27.9 Å². The van der Waals surface area contributed by atoms with Gasteiger partial charge in [-0.1, -0.05) is 6.07 Å². The van der Waals surface area contributed by atoms with Crippen molar-refractivity contribution in [3.63, 3.8) is 0 Å². The van der Waals surface area contributed by atoms with Crippen molar-refractivity contribution in [2.45, 2.75) is 17.4 Å². The summed E-state index contributed by atoms with van der Waals surface area (Å²) in [5.41, 5.74) is 0.632. The molecule has 1 atom stereocenters. The molecule has 1 aromatic carbocycles. The molecule has 1 unspecified atom stereocenters. The number of rotatable bonds is 3. The largest absolute Gasteiger partial charge is 0.468 e. The third kappa shape index (κ3) is 2.77. The number of thiophene rings is 1. The zero-order valence-electron chi connectivity index (χ0n) is 12.2. The smallest absolute Gasteiger partial charge is 0.328 e. The maximum absolute atomic E-state index is 13.4. The number of fused-ring (bicyclic) bond motifs is 1. The molecule has 122 valence electrons. The first-order valence-corrected chi connectivity index (χ1v) is 9.18. The van der Waals surface area contributed by atoms with E-state index in [1.807, 2.05) is 5.38 Å². The second-order valence-electron chi connectivity index (χ2n) is 5.05. The average molecular weight is 355 g/mol. The van der Waals surface area contributed by atoms with Crippen LogP contribution in [0.5, 0.6) is 0 Å². The van der Waals surface area contributed by atoms with E-state index in [2.05, 4.69) is 0 Å². The molecular formula is C15H14FNO4S2. The fraction of sp³-hybridized carbons (Fsp3) is 0.267. The third-order valence-corrected chi connectivity index (χ3v) is 6.61. The van der Waals surface area contributed by atoms with Gasteiger partial charge in [-0.05, 0) is 41.6 Å². The van der Waals surface area contributed by atoms with Crippen LogP contribution in [0.3, 0.4) is 0 Å². The molecule has 0 saturated carbocycles. The van der Waals surface area contributed by atoms with Gasteiger partial charge in [-0.2, -0.15) is 4.31 Å². The maximum Gasteiger partial charge on any atom is 0.328 e. The molecule has 2 aromatic rings. The molecule has 0 fully saturated rings. The molecule has 0 radical (unpaired) electrons. The molecule has 0 N–H and O–H groups in total. The topological polar surface area (TPSA) is 63.7 Å². The van der Waals surface area contributed by atoms with E-state index in [4.69, 9.17) is 4.74 Å². The normalized spacial score (nSPS) is 18.4. The highest BCUT2D eigenvalue weighted by atomic mass is 32.2. The molecule has 1 aliphatic heterocycles. The summed E-state index contributed by atoms with van der Waals surface area (Å²) in [7, 11) is -2.79. The number of sulfonamides is 1. The van der Waals surface area contributed by atoms with Gasteiger partial charge >= 0.3 is 5.97 Å². The molecule has 8 heteroatoms. The molecule has 0 amide bonds. The van der Waals surface area contributed by atoms with Gasteiger partial charge in [0, 0.05) is 11.4 Å². The van der Waals surface area contributed by atoms with E-state index >= 15 is 0 Å².